The molecule has 1 saturated carbocycles. The van der Waals surface area contributed by atoms with Crippen LogP contribution < -0.4 is 5.73 Å². The second kappa shape index (κ2) is 6.08. The SMILES string of the molecule is C=CCC(N)c1nc(C2CCC(C(C)(C)C)CC2)no1. The van der Waals surface area contributed by atoms with E-state index in [1.165, 1.54) is 12.8 Å². The maximum absolute atomic E-state index is 5.96. The van der Waals surface area contributed by atoms with Gasteiger partial charge in [-0.25, -0.2) is 0 Å². The number of hydrogen-bond donors (Lipinski definition) is 1. The maximum Gasteiger partial charge on any atom is 0.243 e. The van der Waals surface area contributed by atoms with Crippen LogP contribution in [0.25, 0.3) is 0 Å². The van der Waals surface area contributed by atoms with Gasteiger partial charge < -0.3 is 10.3 Å². The molecule has 1 fully saturated rings. The fourth-order valence-electron chi connectivity index (χ4n) is 3.06. The summed E-state index contributed by atoms with van der Waals surface area (Å²) in [6.45, 7) is 10.7. The van der Waals surface area contributed by atoms with E-state index in [0.717, 1.165) is 24.6 Å². The van der Waals surface area contributed by atoms with Crippen molar-refractivity contribution in [2.75, 3.05) is 0 Å². The van der Waals surface area contributed by atoms with E-state index in [1.807, 2.05) is 0 Å². The molecule has 2 rings (SSSR count). The third-order valence-corrected chi connectivity index (χ3v) is 4.51. The summed E-state index contributed by atoms with van der Waals surface area (Å²) in [6, 6.07) is -0.223. The van der Waals surface area contributed by atoms with Crippen molar-refractivity contribution in [2.45, 2.75) is 64.8 Å². The van der Waals surface area contributed by atoms with Gasteiger partial charge in [-0.05, 0) is 43.4 Å². The smallest absolute Gasteiger partial charge is 0.243 e. The first-order valence-electron chi connectivity index (χ1n) is 7.61. The van der Waals surface area contributed by atoms with Crippen molar-refractivity contribution < 1.29 is 4.52 Å². The number of nitrogens with two attached hydrogens (primary N) is 1. The van der Waals surface area contributed by atoms with Crippen LogP contribution >= 0.6 is 0 Å². The maximum atomic E-state index is 5.96. The predicted octanol–water partition coefficient (Wildman–Crippen LogP) is 3.97. The molecule has 0 amide bonds. The highest BCUT2D eigenvalue weighted by molar-refractivity contribution is 5.01. The van der Waals surface area contributed by atoms with Crippen molar-refractivity contribution >= 4 is 0 Å². The minimum absolute atomic E-state index is 0.223. The molecule has 0 saturated heterocycles. The minimum Gasteiger partial charge on any atom is -0.338 e. The molecule has 1 aromatic rings. The van der Waals surface area contributed by atoms with E-state index in [1.54, 1.807) is 6.08 Å². The lowest BCUT2D eigenvalue weighted by atomic mass is 9.70. The van der Waals surface area contributed by atoms with Crippen LogP contribution in [0.15, 0.2) is 17.2 Å². The van der Waals surface area contributed by atoms with Crippen molar-refractivity contribution in [1.82, 2.24) is 10.1 Å². The topological polar surface area (TPSA) is 64.9 Å². The molecule has 0 aromatic carbocycles. The summed E-state index contributed by atoms with van der Waals surface area (Å²) in [7, 11) is 0. The number of rotatable bonds is 4. The minimum atomic E-state index is -0.223. The van der Waals surface area contributed by atoms with E-state index in [4.69, 9.17) is 10.3 Å². The summed E-state index contributed by atoms with van der Waals surface area (Å²) >= 11 is 0. The number of aromatic nitrogens is 2. The van der Waals surface area contributed by atoms with Crippen molar-refractivity contribution in [2.24, 2.45) is 17.1 Å². The molecule has 4 heteroatoms. The summed E-state index contributed by atoms with van der Waals surface area (Å²) in [6.07, 6.45) is 7.24. The molecule has 1 unspecified atom stereocenters. The molecule has 112 valence electrons. The lowest BCUT2D eigenvalue weighted by molar-refractivity contribution is 0.166. The van der Waals surface area contributed by atoms with Crippen molar-refractivity contribution in [3.63, 3.8) is 0 Å². The van der Waals surface area contributed by atoms with Gasteiger partial charge >= 0.3 is 0 Å². The highest BCUT2D eigenvalue weighted by Crippen LogP contribution is 2.42. The van der Waals surface area contributed by atoms with Crippen LogP contribution in [0, 0.1) is 11.3 Å². The van der Waals surface area contributed by atoms with Crippen LogP contribution in [-0.2, 0) is 0 Å². The molecule has 2 N–H and O–H groups in total. The summed E-state index contributed by atoms with van der Waals surface area (Å²) in [5, 5.41) is 4.13. The molecule has 0 aliphatic heterocycles. The van der Waals surface area contributed by atoms with Gasteiger partial charge in [0.15, 0.2) is 5.82 Å². The Hall–Kier alpha value is -1.16. The molecule has 20 heavy (non-hydrogen) atoms. The molecular weight excluding hydrogens is 250 g/mol. The monoisotopic (exact) mass is 277 g/mol. The van der Waals surface area contributed by atoms with Gasteiger partial charge in [0.2, 0.25) is 5.89 Å². The third-order valence-electron chi connectivity index (χ3n) is 4.51. The Morgan fingerprint density at radius 3 is 2.55 bits per heavy atom. The van der Waals surface area contributed by atoms with Crippen molar-refractivity contribution in [3.05, 3.63) is 24.4 Å². The molecule has 0 radical (unpaired) electrons. The molecule has 1 heterocycles. The summed E-state index contributed by atoms with van der Waals surface area (Å²) in [5.41, 5.74) is 6.36. The summed E-state index contributed by atoms with van der Waals surface area (Å²) in [4.78, 5) is 4.49. The molecular formula is C16H27N3O. The fraction of sp³-hybridized carbons (Fsp3) is 0.750. The zero-order valence-electron chi connectivity index (χ0n) is 12.9. The van der Waals surface area contributed by atoms with E-state index >= 15 is 0 Å². The zero-order chi connectivity index (χ0) is 14.8. The van der Waals surface area contributed by atoms with Gasteiger partial charge in [0, 0.05) is 5.92 Å². The van der Waals surface area contributed by atoms with Gasteiger partial charge in [-0.3, -0.25) is 0 Å². The Labute approximate surface area is 121 Å². The average Bonchev–Trinajstić information content (AvgIpc) is 2.88. The normalized spacial score (nSPS) is 25.4. The van der Waals surface area contributed by atoms with Crippen LogP contribution in [0.1, 0.15) is 76.6 Å². The molecule has 1 atom stereocenters. The van der Waals surface area contributed by atoms with Crippen LogP contribution in [-0.4, -0.2) is 10.1 Å². The van der Waals surface area contributed by atoms with E-state index in [0.29, 0.717) is 23.6 Å². The van der Waals surface area contributed by atoms with E-state index in [-0.39, 0.29) is 6.04 Å². The highest BCUT2D eigenvalue weighted by atomic mass is 16.5. The molecule has 0 spiro atoms. The van der Waals surface area contributed by atoms with Gasteiger partial charge in [-0.1, -0.05) is 32.0 Å². The Morgan fingerprint density at radius 1 is 1.35 bits per heavy atom. The molecule has 0 bridgehead atoms. The van der Waals surface area contributed by atoms with Crippen LogP contribution in [0.5, 0.6) is 0 Å². The van der Waals surface area contributed by atoms with Gasteiger partial charge in [0.1, 0.15) is 0 Å². The van der Waals surface area contributed by atoms with Gasteiger partial charge in [0.25, 0.3) is 0 Å². The lowest BCUT2D eigenvalue weighted by Crippen LogP contribution is -2.25. The predicted molar refractivity (Wildman–Crippen MR) is 80.2 cm³/mol. The molecule has 4 nitrogen and oxygen atoms in total. The first kappa shape index (κ1) is 15.2. The van der Waals surface area contributed by atoms with E-state index in [9.17, 15) is 0 Å². The first-order chi connectivity index (χ1) is 9.41. The van der Waals surface area contributed by atoms with E-state index < -0.39 is 0 Å². The lowest BCUT2D eigenvalue weighted by Gasteiger charge is -2.36. The van der Waals surface area contributed by atoms with Crippen molar-refractivity contribution in [1.29, 1.82) is 0 Å². The average molecular weight is 277 g/mol. The van der Waals surface area contributed by atoms with Gasteiger partial charge in [-0.2, -0.15) is 4.98 Å². The highest BCUT2D eigenvalue weighted by Gasteiger charge is 2.32. The Bertz CT molecular complexity index is 439. The Balaban J connectivity index is 1.96. The number of hydrogen-bond acceptors (Lipinski definition) is 4. The number of nitrogens with zero attached hydrogens (tertiary/aromatic N) is 2. The van der Waals surface area contributed by atoms with Gasteiger partial charge in [0.05, 0.1) is 6.04 Å². The summed E-state index contributed by atoms with van der Waals surface area (Å²) < 4.78 is 5.29. The largest absolute Gasteiger partial charge is 0.338 e. The van der Waals surface area contributed by atoms with Crippen LogP contribution in [0.4, 0.5) is 0 Å². The van der Waals surface area contributed by atoms with Crippen LogP contribution in [0.2, 0.25) is 0 Å². The third kappa shape index (κ3) is 3.48. The van der Waals surface area contributed by atoms with Crippen LogP contribution in [0.3, 0.4) is 0 Å². The standard InChI is InChI=1S/C16H27N3O/c1-5-6-13(17)15-18-14(19-20-15)11-7-9-12(10-8-11)16(2,3)4/h5,11-13H,1,6-10,17H2,2-4H3. The second-order valence-electron chi connectivity index (χ2n) is 7.04. The Kier molecular flexibility index (Phi) is 4.63. The molecule has 1 aromatic heterocycles. The quantitative estimate of drug-likeness (QED) is 0.846. The molecule has 1 aliphatic carbocycles. The van der Waals surface area contributed by atoms with Crippen molar-refractivity contribution in [3.8, 4) is 0 Å². The van der Waals surface area contributed by atoms with E-state index in [2.05, 4.69) is 37.5 Å². The Morgan fingerprint density at radius 2 is 2.00 bits per heavy atom. The second-order valence-corrected chi connectivity index (χ2v) is 7.04. The first-order valence-corrected chi connectivity index (χ1v) is 7.61. The fourth-order valence-corrected chi connectivity index (χ4v) is 3.06. The zero-order valence-corrected chi connectivity index (χ0v) is 12.9. The van der Waals surface area contributed by atoms with Gasteiger partial charge in [-0.15, -0.1) is 6.58 Å². The molecule has 1 aliphatic rings. The summed E-state index contributed by atoms with van der Waals surface area (Å²) in [5.74, 6) is 2.61.